The second-order valence-corrected chi connectivity index (χ2v) is 5.01. The molecular formula is C12H15NO. The lowest BCUT2D eigenvalue weighted by Gasteiger charge is -2.31. The highest BCUT2D eigenvalue weighted by atomic mass is 16.9. The van der Waals surface area contributed by atoms with Crippen LogP contribution in [0.3, 0.4) is 0 Å². The van der Waals surface area contributed by atoms with Gasteiger partial charge in [0, 0.05) is 11.1 Å². The van der Waals surface area contributed by atoms with Crippen LogP contribution in [-0.2, 0) is 17.0 Å². The van der Waals surface area contributed by atoms with Crippen molar-refractivity contribution in [1.82, 2.24) is 5.06 Å². The van der Waals surface area contributed by atoms with Crippen molar-refractivity contribution in [3.63, 3.8) is 0 Å². The normalized spacial score (nSPS) is 37.2. The van der Waals surface area contributed by atoms with Gasteiger partial charge in [-0.15, -0.1) is 5.06 Å². The van der Waals surface area contributed by atoms with Crippen molar-refractivity contribution in [2.75, 3.05) is 0 Å². The van der Waals surface area contributed by atoms with Crippen molar-refractivity contribution in [1.29, 1.82) is 0 Å². The largest absolute Gasteiger partial charge is 0.266 e. The number of fused-ring (bicyclic) bond motifs is 3. The Hall–Kier alpha value is -0.860. The number of hydrogen-bond acceptors (Lipinski definition) is 2. The van der Waals surface area contributed by atoms with Crippen molar-refractivity contribution in [2.45, 2.75) is 38.5 Å². The Labute approximate surface area is 84.4 Å². The van der Waals surface area contributed by atoms with E-state index >= 15 is 0 Å². The molecule has 0 bridgehead atoms. The Morgan fingerprint density at radius 3 is 2.71 bits per heavy atom. The molecular weight excluding hydrogens is 174 g/mol. The number of benzene rings is 1. The molecule has 1 aromatic rings. The average molecular weight is 189 g/mol. The Kier molecular flexibility index (Phi) is 1.33. The van der Waals surface area contributed by atoms with Gasteiger partial charge in [0.05, 0.1) is 0 Å². The number of nitrogens with zero attached hydrogens (tertiary/aromatic N) is 1. The summed E-state index contributed by atoms with van der Waals surface area (Å²) in [6, 6.07) is 8.57. The van der Waals surface area contributed by atoms with Crippen LogP contribution in [0, 0.1) is 0 Å². The lowest BCUT2D eigenvalue weighted by atomic mass is 9.84. The summed E-state index contributed by atoms with van der Waals surface area (Å²) in [6.45, 7) is 6.61. The predicted octanol–water partition coefficient (Wildman–Crippen LogP) is 2.44. The van der Waals surface area contributed by atoms with E-state index < -0.39 is 0 Å². The standard InChI is InChI=1S/C12H15NO/c1-11(2)8-9-6-4-5-7-10(9)12(3)13(11)14-12/h4-7H,8H2,1-3H3. The molecule has 74 valence electrons. The van der Waals surface area contributed by atoms with E-state index in [0.717, 1.165) is 6.42 Å². The minimum atomic E-state index is -0.154. The van der Waals surface area contributed by atoms with Crippen LogP contribution >= 0.6 is 0 Å². The summed E-state index contributed by atoms with van der Waals surface area (Å²) >= 11 is 0. The summed E-state index contributed by atoms with van der Waals surface area (Å²) in [4.78, 5) is 5.74. The highest BCUT2D eigenvalue weighted by Gasteiger charge is 2.62. The van der Waals surface area contributed by atoms with E-state index in [1.54, 1.807) is 0 Å². The van der Waals surface area contributed by atoms with Crippen LogP contribution in [-0.4, -0.2) is 10.6 Å². The molecule has 0 amide bonds. The number of hydroxylamine groups is 2. The van der Waals surface area contributed by atoms with Crippen molar-refractivity contribution in [2.24, 2.45) is 0 Å². The molecule has 1 saturated heterocycles. The van der Waals surface area contributed by atoms with Crippen LogP contribution in [0.25, 0.3) is 0 Å². The fourth-order valence-electron chi connectivity index (χ4n) is 2.68. The maximum Gasteiger partial charge on any atom is 0.188 e. The summed E-state index contributed by atoms with van der Waals surface area (Å²) < 4.78 is 0. The number of rotatable bonds is 0. The Balaban J connectivity index is 2.18. The second-order valence-electron chi connectivity index (χ2n) is 5.01. The Morgan fingerprint density at radius 2 is 1.93 bits per heavy atom. The molecule has 2 unspecified atom stereocenters. The molecule has 2 nitrogen and oxygen atoms in total. The molecule has 2 aliphatic heterocycles. The van der Waals surface area contributed by atoms with Crippen LogP contribution in [0.4, 0.5) is 0 Å². The van der Waals surface area contributed by atoms with Crippen molar-refractivity contribution < 1.29 is 4.84 Å². The van der Waals surface area contributed by atoms with Gasteiger partial charge in [-0.05, 0) is 32.8 Å². The van der Waals surface area contributed by atoms with E-state index in [1.807, 2.05) is 0 Å². The maximum absolute atomic E-state index is 5.74. The molecule has 0 spiro atoms. The zero-order valence-corrected chi connectivity index (χ0v) is 8.87. The Morgan fingerprint density at radius 1 is 1.21 bits per heavy atom. The number of hydrogen-bond donors (Lipinski definition) is 0. The molecule has 2 heterocycles. The molecule has 3 rings (SSSR count). The van der Waals surface area contributed by atoms with Gasteiger partial charge in [0.1, 0.15) is 0 Å². The van der Waals surface area contributed by atoms with Gasteiger partial charge in [0.25, 0.3) is 0 Å². The van der Waals surface area contributed by atoms with Crippen LogP contribution in [0.2, 0.25) is 0 Å². The van der Waals surface area contributed by atoms with Crippen molar-refractivity contribution >= 4 is 0 Å². The lowest BCUT2D eigenvalue weighted by Crippen LogP contribution is -2.40. The molecule has 14 heavy (non-hydrogen) atoms. The first-order valence-electron chi connectivity index (χ1n) is 5.12. The molecule has 0 N–H and O–H groups in total. The highest BCUT2D eigenvalue weighted by Crippen LogP contribution is 2.54. The summed E-state index contributed by atoms with van der Waals surface area (Å²) in [5.74, 6) is 0. The molecule has 0 saturated carbocycles. The smallest absolute Gasteiger partial charge is 0.188 e. The molecule has 2 heteroatoms. The van der Waals surface area contributed by atoms with Crippen LogP contribution in [0.5, 0.6) is 0 Å². The SMILES string of the molecule is CC1(C)Cc2ccccc2C2(C)ON12. The molecule has 1 aromatic carbocycles. The first kappa shape index (κ1) is 8.45. The summed E-state index contributed by atoms with van der Waals surface area (Å²) in [6.07, 6.45) is 1.07. The van der Waals surface area contributed by atoms with E-state index in [9.17, 15) is 0 Å². The zero-order chi connectivity index (χ0) is 9.97. The highest BCUT2D eigenvalue weighted by molar-refractivity contribution is 5.38. The molecule has 0 aromatic heterocycles. The molecule has 2 atom stereocenters. The molecule has 2 aliphatic rings. The van der Waals surface area contributed by atoms with Crippen molar-refractivity contribution in [3.05, 3.63) is 35.4 Å². The van der Waals surface area contributed by atoms with Gasteiger partial charge < -0.3 is 0 Å². The first-order chi connectivity index (χ1) is 6.54. The third kappa shape index (κ3) is 0.877. The van der Waals surface area contributed by atoms with Gasteiger partial charge in [0.15, 0.2) is 5.72 Å². The monoisotopic (exact) mass is 189 g/mol. The van der Waals surface area contributed by atoms with E-state index in [4.69, 9.17) is 4.84 Å². The predicted molar refractivity (Wildman–Crippen MR) is 54.5 cm³/mol. The molecule has 1 fully saturated rings. The summed E-state index contributed by atoms with van der Waals surface area (Å²) in [7, 11) is 0. The maximum atomic E-state index is 5.74. The van der Waals surface area contributed by atoms with Gasteiger partial charge in [-0.25, -0.2) is 0 Å². The van der Waals surface area contributed by atoms with Gasteiger partial charge in [-0.2, -0.15) is 0 Å². The van der Waals surface area contributed by atoms with Gasteiger partial charge in [-0.3, -0.25) is 4.84 Å². The fourth-order valence-corrected chi connectivity index (χ4v) is 2.68. The first-order valence-corrected chi connectivity index (χ1v) is 5.12. The minimum absolute atomic E-state index is 0.128. The van der Waals surface area contributed by atoms with Crippen LogP contribution in [0.1, 0.15) is 31.9 Å². The second kappa shape index (κ2) is 2.20. The topological polar surface area (TPSA) is 15.5 Å². The van der Waals surface area contributed by atoms with Crippen molar-refractivity contribution in [3.8, 4) is 0 Å². The Bertz CT molecular complexity index is 399. The zero-order valence-electron chi connectivity index (χ0n) is 8.87. The third-order valence-corrected chi connectivity index (χ3v) is 3.31. The quantitative estimate of drug-likeness (QED) is 0.582. The van der Waals surface area contributed by atoms with E-state index in [2.05, 4.69) is 50.1 Å². The van der Waals surface area contributed by atoms with Gasteiger partial charge in [-0.1, -0.05) is 24.3 Å². The average Bonchev–Trinajstić information content (AvgIpc) is 2.80. The van der Waals surface area contributed by atoms with E-state index in [0.29, 0.717) is 0 Å². The van der Waals surface area contributed by atoms with E-state index in [-0.39, 0.29) is 11.3 Å². The molecule has 0 aliphatic carbocycles. The van der Waals surface area contributed by atoms with Gasteiger partial charge in [0.2, 0.25) is 0 Å². The minimum Gasteiger partial charge on any atom is -0.266 e. The summed E-state index contributed by atoms with van der Waals surface area (Å²) in [5, 5.41) is 2.11. The molecule has 0 radical (unpaired) electrons. The van der Waals surface area contributed by atoms with Gasteiger partial charge >= 0.3 is 0 Å². The lowest BCUT2D eigenvalue weighted by molar-refractivity contribution is 0.0872. The van der Waals surface area contributed by atoms with E-state index in [1.165, 1.54) is 11.1 Å². The van der Waals surface area contributed by atoms with Crippen LogP contribution in [0.15, 0.2) is 24.3 Å². The summed E-state index contributed by atoms with van der Waals surface area (Å²) in [5.41, 5.74) is 2.73. The van der Waals surface area contributed by atoms with Crippen LogP contribution < -0.4 is 0 Å². The fraction of sp³-hybridized carbons (Fsp3) is 0.500. The third-order valence-electron chi connectivity index (χ3n) is 3.31.